The van der Waals surface area contributed by atoms with Gasteiger partial charge >= 0.3 is 0 Å². The molecule has 9 heteroatoms. The largest absolute Gasteiger partial charge is 0.459 e. The van der Waals surface area contributed by atoms with Gasteiger partial charge in [-0.15, -0.1) is 0 Å². The number of hydrogen-bond donors (Lipinski definition) is 4. The first kappa shape index (κ1) is 20.5. The van der Waals surface area contributed by atoms with E-state index in [2.05, 4.69) is 16.0 Å². The predicted molar refractivity (Wildman–Crippen MR) is 103 cm³/mol. The fourth-order valence-electron chi connectivity index (χ4n) is 2.10. The molecular weight excluding hydrogens is 372 g/mol. The Labute approximate surface area is 161 Å². The Kier molecular flexibility index (Phi) is 6.98. The van der Waals surface area contributed by atoms with Crippen LogP contribution in [0.4, 0.5) is 11.4 Å². The van der Waals surface area contributed by atoms with Gasteiger partial charge in [0.25, 0.3) is 5.91 Å². The maximum absolute atomic E-state index is 12.1. The predicted octanol–water partition coefficient (Wildman–Crippen LogP) is 2.22. The summed E-state index contributed by atoms with van der Waals surface area (Å²) in [5.74, 6) is -1.32. The molecule has 0 spiro atoms. The Balaban J connectivity index is 2.02. The van der Waals surface area contributed by atoms with Crippen molar-refractivity contribution >= 4 is 40.7 Å². The van der Waals surface area contributed by atoms with Gasteiger partial charge in [0.15, 0.2) is 5.76 Å². The van der Waals surface area contributed by atoms with Gasteiger partial charge in [0.1, 0.15) is 0 Å². The molecule has 1 aromatic carbocycles. The van der Waals surface area contributed by atoms with Crippen LogP contribution in [0, 0.1) is 5.92 Å². The topological polar surface area (TPSA) is 126 Å². The molecule has 2 rings (SSSR count). The quantitative estimate of drug-likeness (QED) is 0.574. The molecule has 0 radical (unpaired) electrons. The van der Waals surface area contributed by atoms with Gasteiger partial charge in [0, 0.05) is 5.02 Å². The van der Waals surface area contributed by atoms with Crippen LogP contribution < -0.4 is 21.7 Å². The van der Waals surface area contributed by atoms with Crippen LogP contribution in [0.25, 0.3) is 0 Å². The number of carbonyl (C=O) groups is 3. The Morgan fingerprint density at radius 3 is 2.52 bits per heavy atom. The number of benzene rings is 1. The van der Waals surface area contributed by atoms with Crippen LogP contribution in [0.2, 0.25) is 5.02 Å². The van der Waals surface area contributed by atoms with Crippen LogP contribution in [0.3, 0.4) is 0 Å². The molecule has 0 aliphatic rings. The summed E-state index contributed by atoms with van der Waals surface area (Å²) in [4.78, 5) is 36.1. The minimum absolute atomic E-state index is 0.0484. The van der Waals surface area contributed by atoms with Crippen molar-refractivity contribution in [1.82, 2.24) is 5.32 Å². The van der Waals surface area contributed by atoms with Crippen molar-refractivity contribution in [3.8, 4) is 0 Å². The molecule has 1 atom stereocenters. The standard InChI is InChI=1S/C18H21ClN4O4/c1-10(2)16(20)18(26)21-9-15(24)22-12-6-5-11(19)8-13(12)23-17(25)14-4-3-7-27-14/h3-8,10,16H,9,20H2,1-2H3,(H,21,26)(H,22,24)(H,23,25)/t16-/m0/s1. The van der Waals surface area contributed by atoms with Crippen LogP contribution in [0.5, 0.6) is 0 Å². The number of hydrogen-bond acceptors (Lipinski definition) is 5. The Bertz CT molecular complexity index is 821. The summed E-state index contributed by atoms with van der Waals surface area (Å²) in [6.45, 7) is 3.37. The zero-order valence-electron chi connectivity index (χ0n) is 14.9. The van der Waals surface area contributed by atoms with Crippen molar-refractivity contribution in [1.29, 1.82) is 0 Å². The minimum Gasteiger partial charge on any atom is -0.459 e. The van der Waals surface area contributed by atoms with Crippen molar-refractivity contribution in [3.05, 3.63) is 47.4 Å². The van der Waals surface area contributed by atoms with Crippen molar-refractivity contribution in [2.45, 2.75) is 19.9 Å². The monoisotopic (exact) mass is 392 g/mol. The number of rotatable bonds is 7. The molecule has 1 heterocycles. The van der Waals surface area contributed by atoms with Gasteiger partial charge < -0.3 is 26.1 Å². The number of carbonyl (C=O) groups excluding carboxylic acids is 3. The lowest BCUT2D eigenvalue weighted by molar-refractivity contribution is -0.125. The summed E-state index contributed by atoms with van der Waals surface area (Å²) in [5.41, 5.74) is 6.35. The van der Waals surface area contributed by atoms with Gasteiger partial charge in [-0.1, -0.05) is 25.4 Å². The Morgan fingerprint density at radius 1 is 1.15 bits per heavy atom. The molecule has 8 nitrogen and oxygen atoms in total. The van der Waals surface area contributed by atoms with Gasteiger partial charge in [0.2, 0.25) is 11.8 Å². The van der Waals surface area contributed by atoms with Crippen LogP contribution >= 0.6 is 11.6 Å². The zero-order chi connectivity index (χ0) is 20.0. The van der Waals surface area contributed by atoms with E-state index in [4.69, 9.17) is 21.8 Å². The first-order chi connectivity index (χ1) is 12.8. The van der Waals surface area contributed by atoms with Crippen LogP contribution in [-0.2, 0) is 9.59 Å². The fraction of sp³-hybridized carbons (Fsp3) is 0.278. The molecule has 1 aromatic heterocycles. The molecule has 0 bridgehead atoms. The number of nitrogens with one attached hydrogen (secondary N) is 3. The molecule has 3 amide bonds. The van der Waals surface area contributed by atoms with Crippen LogP contribution in [-0.4, -0.2) is 30.3 Å². The molecule has 144 valence electrons. The van der Waals surface area contributed by atoms with E-state index in [1.54, 1.807) is 18.2 Å². The van der Waals surface area contributed by atoms with Crippen molar-refractivity contribution < 1.29 is 18.8 Å². The van der Waals surface area contributed by atoms with Crippen molar-refractivity contribution in [3.63, 3.8) is 0 Å². The average molecular weight is 393 g/mol. The summed E-state index contributed by atoms with van der Waals surface area (Å²) < 4.78 is 5.03. The van der Waals surface area contributed by atoms with Gasteiger partial charge in [-0.25, -0.2) is 0 Å². The number of nitrogens with two attached hydrogens (primary N) is 1. The number of halogens is 1. The number of anilines is 2. The molecule has 0 aliphatic heterocycles. The summed E-state index contributed by atoms with van der Waals surface area (Å²) >= 11 is 5.97. The summed E-state index contributed by atoms with van der Waals surface area (Å²) in [6, 6.07) is 6.99. The van der Waals surface area contributed by atoms with Crippen molar-refractivity contribution in [2.24, 2.45) is 11.7 Å². The second-order valence-corrected chi connectivity index (χ2v) is 6.59. The van der Waals surface area contributed by atoms with E-state index >= 15 is 0 Å². The lowest BCUT2D eigenvalue weighted by atomic mass is 10.1. The molecule has 0 fully saturated rings. The van der Waals surface area contributed by atoms with Crippen LogP contribution in [0.1, 0.15) is 24.4 Å². The molecule has 0 saturated carbocycles. The third kappa shape index (κ3) is 5.83. The Morgan fingerprint density at radius 2 is 1.89 bits per heavy atom. The maximum atomic E-state index is 12.1. The van der Waals surface area contributed by atoms with E-state index in [9.17, 15) is 14.4 Å². The van der Waals surface area contributed by atoms with E-state index in [-0.39, 0.29) is 18.2 Å². The smallest absolute Gasteiger partial charge is 0.291 e. The van der Waals surface area contributed by atoms with Crippen molar-refractivity contribution in [2.75, 3.05) is 17.2 Å². The van der Waals surface area contributed by atoms with Gasteiger partial charge in [-0.3, -0.25) is 14.4 Å². The van der Waals surface area contributed by atoms with E-state index in [1.807, 2.05) is 13.8 Å². The highest BCUT2D eigenvalue weighted by atomic mass is 35.5. The minimum atomic E-state index is -0.698. The van der Waals surface area contributed by atoms with E-state index < -0.39 is 23.8 Å². The van der Waals surface area contributed by atoms with Gasteiger partial charge in [-0.05, 0) is 36.2 Å². The highest BCUT2D eigenvalue weighted by molar-refractivity contribution is 6.31. The molecular formula is C18H21ClN4O4. The second-order valence-electron chi connectivity index (χ2n) is 6.16. The third-order valence-electron chi connectivity index (χ3n) is 3.69. The maximum Gasteiger partial charge on any atom is 0.291 e. The highest BCUT2D eigenvalue weighted by Gasteiger charge is 2.18. The van der Waals surface area contributed by atoms with E-state index in [0.717, 1.165) is 0 Å². The SMILES string of the molecule is CC(C)[C@H](N)C(=O)NCC(=O)Nc1ccc(Cl)cc1NC(=O)c1ccco1. The first-order valence-electron chi connectivity index (χ1n) is 8.25. The molecule has 5 N–H and O–H groups in total. The third-order valence-corrected chi connectivity index (χ3v) is 3.93. The molecule has 0 saturated heterocycles. The lowest BCUT2D eigenvalue weighted by Crippen LogP contribution is -2.46. The zero-order valence-corrected chi connectivity index (χ0v) is 15.7. The number of amides is 3. The molecule has 2 aromatic rings. The summed E-state index contributed by atoms with van der Waals surface area (Å²) in [5, 5.41) is 8.08. The van der Waals surface area contributed by atoms with Gasteiger partial charge in [-0.2, -0.15) is 0 Å². The fourth-order valence-corrected chi connectivity index (χ4v) is 2.28. The first-order valence-corrected chi connectivity index (χ1v) is 8.63. The molecule has 0 aliphatic carbocycles. The molecule has 27 heavy (non-hydrogen) atoms. The highest BCUT2D eigenvalue weighted by Crippen LogP contribution is 2.26. The Hall–Kier alpha value is -2.84. The second kappa shape index (κ2) is 9.20. The van der Waals surface area contributed by atoms with E-state index in [0.29, 0.717) is 16.4 Å². The lowest BCUT2D eigenvalue weighted by Gasteiger charge is -2.16. The molecule has 0 unspecified atom stereocenters. The average Bonchev–Trinajstić information content (AvgIpc) is 3.16. The summed E-state index contributed by atoms with van der Waals surface area (Å²) in [6.07, 6.45) is 1.38. The normalized spacial score (nSPS) is 11.7. The summed E-state index contributed by atoms with van der Waals surface area (Å²) in [7, 11) is 0. The van der Waals surface area contributed by atoms with Crippen LogP contribution in [0.15, 0.2) is 41.0 Å². The van der Waals surface area contributed by atoms with Gasteiger partial charge in [0.05, 0.1) is 30.2 Å². The van der Waals surface area contributed by atoms with E-state index in [1.165, 1.54) is 18.4 Å². The number of furan rings is 1.